The predicted octanol–water partition coefficient (Wildman–Crippen LogP) is 6.51. The zero-order valence-corrected chi connectivity index (χ0v) is 19.8. The normalized spacial score (nSPS) is 20.2. The summed E-state index contributed by atoms with van der Waals surface area (Å²) in [6.45, 7) is 16.4. The maximum absolute atomic E-state index is 13.8. The Balaban J connectivity index is 0.000000785. The van der Waals surface area contributed by atoms with E-state index in [0.29, 0.717) is 6.54 Å². The minimum Gasteiger partial charge on any atom is -0.481 e. The molecule has 0 bridgehead atoms. The van der Waals surface area contributed by atoms with Crippen LogP contribution in [0.5, 0.6) is 0 Å². The number of halogens is 1. The molecule has 1 aliphatic carbocycles. The number of hydrogen-bond acceptors (Lipinski definition) is 2. The Morgan fingerprint density at radius 2 is 1.81 bits per heavy atom. The first-order valence-corrected chi connectivity index (χ1v) is 11.3. The minimum atomic E-state index is -0.753. The first-order valence-electron chi connectivity index (χ1n) is 11.3. The summed E-state index contributed by atoms with van der Waals surface area (Å²) >= 11 is 0. The van der Waals surface area contributed by atoms with Gasteiger partial charge in [-0.15, -0.1) is 0 Å². The van der Waals surface area contributed by atoms with Gasteiger partial charge >= 0.3 is 5.97 Å². The molecule has 1 aliphatic heterocycles. The topological polar surface area (TPSA) is 40.5 Å². The molecule has 1 aromatic rings. The molecule has 1 atom stereocenters. The van der Waals surface area contributed by atoms with Crippen LogP contribution in [0.3, 0.4) is 0 Å². The fraction of sp³-hybridized carbons (Fsp3) is 0.519. The number of aryl methyl sites for hydroxylation is 1. The van der Waals surface area contributed by atoms with Crippen LogP contribution in [0, 0.1) is 17.2 Å². The monoisotopic (exact) mass is 427 g/mol. The van der Waals surface area contributed by atoms with Gasteiger partial charge in [0.1, 0.15) is 5.82 Å². The van der Waals surface area contributed by atoms with E-state index in [9.17, 15) is 14.3 Å². The van der Waals surface area contributed by atoms with E-state index < -0.39 is 11.4 Å². The summed E-state index contributed by atoms with van der Waals surface area (Å²) in [5.41, 5.74) is 5.48. The zero-order chi connectivity index (χ0) is 23.2. The highest BCUT2D eigenvalue weighted by molar-refractivity contribution is 5.76. The molecule has 0 saturated carbocycles. The van der Waals surface area contributed by atoms with Crippen LogP contribution >= 0.6 is 0 Å². The SMILES string of the molecule is C/C=C\C.C=C1CCc2cc(F)ccc2C(=C2CCN(CC(C)(C)C(=O)O)CC2)C1C. The van der Waals surface area contributed by atoms with Crippen LogP contribution in [-0.2, 0) is 11.2 Å². The number of nitrogens with zero attached hydrogens (tertiary/aromatic N) is 1. The third-order valence-electron chi connectivity index (χ3n) is 6.49. The molecule has 3 nitrogen and oxygen atoms in total. The maximum Gasteiger partial charge on any atom is 0.310 e. The lowest BCUT2D eigenvalue weighted by atomic mass is 9.82. The maximum atomic E-state index is 13.8. The summed E-state index contributed by atoms with van der Waals surface area (Å²) in [4.78, 5) is 13.7. The Morgan fingerprint density at radius 1 is 1.19 bits per heavy atom. The lowest BCUT2D eigenvalue weighted by Gasteiger charge is -2.35. The lowest BCUT2D eigenvalue weighted by Crippen LogP contribution is -2.42. The highest BCUT2D eigenvalue weighted by Gasteiger charge is 2.32. The molecule has 3 rings (SSSR count). The van der Waals surface area contributed by atoms with Crippen LogP contribution in [0.2, 0.25) is 0 Å². The smallest absolute Gasteiger partial charge is 0.310 e. The first-order chi connectivity index (χ1) is 14.6. The zero-order valence-electron chi connectivity index (χ0n) is 19.8. The second-order valence-corrected chi connectivity index (χ2v) is 9.33. The van der Waals surface area contributed by atoms with Crippen molar-refractivity contribution >= 4 is 11.5 Å². The Morgan fingerprint density at radius 3 is 2.35 bits per heavy atom. The fourth-order valence-corrected chi connectivity index (χ4v) is 4.35. The number of aliphatic carboxylic acids is 1. The van der Waals surface area contributed by atoms with Gasteiger partial charge in [0.2, 0.25) is 0 Å². The second-order valence-electron chi connectivity index (χ2n) is 9.33. The van der Waals surface area contributed by atoms with Crippen LogP contribution in [0.1, 0.15) is 65.0 Å². The number of piperidine rings is 1. The molecule has 1 unspecified atom stereocenters. The Bertz CT molecular complexity index is 852. The number of fused-ring (bicyclic) bond motifs is 1. The molecule has 2 aliphatic rings. The molecule has 1 saturated heterocycles. The van der Waals surface area contributed by atoms with E-state index in [4.69, 9.17) is 0 Å². The van der Waals surface area contributed by atoms with Gasteiger partial charge in [0.25, 0.3) is 0 Å². The minimum absolute atomic E-state index is 0.177. The van der Waals surface area contributed by atoms with Crippen molar-refractivity contribution in [1.82, 2.24) is 4.90 Å². The second kappa shape index (κ2) is 10.9. The number of carboxylic acid groups (broad SMARTS) is 1. The average molecular weight is 428 g/mol. The van der Waals surface area contributed by atoms with Gasteiger partial charge in [0.05, 0.1) is 5.41 Å². The molecular formula is C27H38FNO2. The van der Waals surface area contributed by atoms with Crippen molar-refractivity contribution in [2.45, 2.75) is 60.3 Å². The van der Waals surface area contributed by atoms with Crippen LogP contribution in [0.25, 0.3) is 5.57 Å². The van der Waals surface area contributed by atoms with Crippen molar-refractivity contribution in [3.63, 3.8) is 0 Å². The molecule has 4 heteroatoms. The van der Waals surface area contributed by atoms with Crippen molar-refractivity contribution in [3.8, 4) is 0 Å². The molecular weight excluding hydrogens is 389 g/mol. The lowest BCUT2D eigenvalue weighted by molar-refractivity contribution is -0.148. The van der Waals surface area contributed by atoms with E-state index in [-0.39, 0.29) is 11.7 Å². The third kappa shape index (κ3) is 6.39. The predicted molar refractivity (Wildman–Crippen MR) is 128 cm³/mol. The molecule has 1 aromatic carbocycles. The van der Waals surface area contributed by atoms with Crippen molar-refractivity contribution in [3.05, 3.63) is 65.0 Å². The third-order valence-corrected chi connectivity index (χ3v) is 6.49. The summed E-state index contributed by atoms with van der Waals surface area (Å²) in [5, 5.41) is 9.38. The molecule has 0 radical (unpaired) electrons. The van der Waals surface area contributed by atoms with Gasteiger partial charge in [0, 0.05) is 25.6 Å². The van der Waals surface area contributed by atoms with E-state index in [1.165, 1.54) is 22.3 Å². The average Bonchev–Trinajstić information content (AvgIpc) is 2.85. The number of rotatable bonds is 3. The van der Waals surface area contributed by atoms with E-state index in [0.717, 1.165) is 44.3 Å². The summed E-state index contributed by atoms with van der Waals surface area (Å²) in [6.07, 6.45) is 7.60. The first kappa shape index (κ1) is 25.1. The standard InChI is InChI=1S/C23H30FNO2.C4H8/c1-15-5-6-18-13-19(24)7-8-20(18)21(16(15)2)17-9-11-25(12-10-17)14-23(3,4)22(26)27;1-3-4-2/h7-8,13,16H,1,5-6,9-12,14H2,2-4H3,(H,26,27);3-4H,1-2H3/b;4-3-. The van der Waals surface area contributed by atoms with Gasteiger partial charge < -0.3 is 10.0 Å². The van der Waals surface area contributed by atoms with Gasteiger partial charge in [-0.05, 0) is 82.2 Å². The van der Waals surface area contributed by atoms with Gasteiger partial charge in [-0.25, -0.2) is 4.39 Å². The molecule has 0 amide bonds. The number of hydrogen-bond donors (Lipinski definition) is 1. The molecule has 0 aromatic heterocycles. The number of benzene rings is 1. The molecule has 1 heterocycles. The van der Waals surface area contributed by atoms with Crippen molar-refractivity contribution < 1.29 is 14.3 Å². The molecule has 170 valence electrons. The number of carboxylic acids is 1. The number of allylic oxidation sites excluding steroid dienone is 4. The number of likely N-dealkylation sites (tertiary alicyclic amines) is 1. The van der Waals surface area contributed by atoms with Gasteiger partial charge in [0.15, 0.2) is 0 Å². The molecule has 1 N–H and O–H groups in total. The largest absolute Gasteiger partial charge is 0.481 e. The van der Waals surface area contributed by atoms with E-state index in [1.54, 1.807) is 26.0 Å². The quantitative estimate of drug-likeness (QED) is 0.442. The van der Waals surface area contributed by atoms with Crippen LogP contribution in [0.15, 0.2) is 48.1 Å². The fourth-order valence-electron chi connectivity index (χ4n) is 4.35. The Labute approximate surface area is 187 Å². The summed E-state index contributed by atoms with van der Waals surface area (Å²) in [7, 11) is 0. The number of carbonyl (C=O) groups is 1. The van der Waals surface area contributed by atoms with Crippen LogP contribution in [0.4, 0.5) is 4.39 Å². The summed E-state index contributed by atoms with van der Waals surface area (Å²) < 4.78 is 13.8. The van der Waals surface area contributed by atoms with Crippen molar-refractivity contribution in [2.24, 2.45) is 11.3 Å². The Hall–Kier alpha value is -2.20. The van der Waals surface area contributed by atoms with Crippen LogP contribution in [-0.4, -0.2) is 35.6 Å². The van der Waals surface area contributed by atoms with Crippen molar-refractivity contribution in [2.75, 3.05) is 19.6 Å². The van der Waals surface area contributed by atoms with Crippen molar-refractivity contribution in [1.29, 1.82) is 0 Å². The van der Waals surface area contributed by atoms with Gasteiger partial charge in [-0.1, -0.05) is 42.9 Å². The highest BCUT2D eigenvalue weighted by atomic mass is 19.1. The Kier molecular flexibility index (Phi) is 8.81. The summed E-state index contributed by atoms with van der Waals surface area (Å²) in [5.74, 6) is -0.658. The van der Waals surface area contributed by atoms with Gasteiger partial charge in [-0.2, -0.15) is 0 Å². The van der Waals surface area contributed by atoms with Gasteiger partial charge in [-0.3, -0.25) is 4.79 Å². The summed E-state index contributed by atoms with van der Waals surface area (Å²) in [6, 6.07) is 5.17. The molecule has 0 spiro atoms. The van der Waals surface area contributed by atoms with E-state index in [2.05, 4.69) is 18.4 Å². The van der Waals surface area contributed by atoms with E-state index in [1.807, 2.05) is 32.1 Å². The van der Waals surface area contributed by atoms with Crippen LogP contribution < -0.4 is 0 Å². The molecule has 31 heavy (non-hydrogen) atoms. The highest BCUT2D eigenvalue weighted by Crippen LogP contribution is 2.41. The van der Waals surface area contributed by atoms with E-state index >= 15 is 0 Å². The molecule has 1 fully saturated rings.